The van der Waals surface area contributed by atoms with Crippen molar-refractivity contribution in [1.29, 1.82) is 0 Å². The standard InChI is InChI=1S/C21H26N6O3/c28-20-7-3-10-26(20)12-13-30-15-21(29)27-11-2-5-17(27)16-4-1-6-18(24-16)25-19-14-22-8-9-23-19/h1,4,6,8-9,14,17H,2-3,5,7,10-13,15H2,(H,23,24,25)/t17-/m1/s1. The summed E-state index contributed by atoms with van der Waals surface area (Å²) in [4.78, 5) is 40.9. The lowest BCUT2D eigenvalue weighted by atomic mass is 10.1. The molecule has 30 heavy (non-hydrogen) atoms. The van der Waals surface area contributed by atoms with Crippen LogP contribution in [0.2, 0.25) is 0 Å². The number of pyridine rings is 1. The van der Waals surface area contributed by atoms with E-state index in [2.05, 4.69) is 20.3 Å². The fraction of sp³-hybridized carbons (Fsp3) is 0.476. The van der Waals surface area contributed by atoms with E-state index in [1.54, 1.807) is 23.5 Å². The molecule has 2 aromatic rings. The van der Waals surface area contributed by atoms with Gasteiger partial charge >= 0.3 is 0 Å². The largest absolute Gasteiger partial charge is 0.370 e. The first-order valence-electron chi connectivity index (χ1n) is 10.4. The number of nitrogens with one attached hydrogen (secondary N) is 1. The summed E-state index contributed by atoms with van der Waals surface area (Å²) in [5, 5.41) is 3.14. The second-order valence-corrected chi connectivity index (χ2v) is 7.45. The number of likely N-dealkylation sites (tertiary alicyclic amines) is 2. The SMILES string of the molecule is O=C1CCCN1CCOCC(=O)N1CCC[C@@H]1c1cccc(Nc2cnccn2)n1. The van der Waals surface area contributed by atoms with Crippen molar-refractivity contribution >= 4 is 23.5 Å². The van der Waals surface area contributed by atoms with E-state index in [9.17, 15) is 9.59 Å². The minimum absolute atomic E-state index is 0.0239. The minimum atomic E-state index is -0.0649. The average molecular weight is 410 g/mol. The van der Waals surface area contributed by atoms with E-state index in [4.69, 9.17) is 4.74 Å². The Kier molecular flexibility index (Phi) is 6.48. The number of hydrogen-bond donors (Lipinski definition) is 1. The minimum Gasteiger partial charge on any atom is -0.370 e. The molecule has 9 heteroatoms. The van der Waals surface area contributed by atoms with Crippen LogP contribution in [0, 0.1) is 0 Å². The fourth-order valence-corrected chi connectivity index (χ4v) is 3.93. The predicted octanol–water partition coefficient (Wildman–Crippen LogP) is 1.92. The highest BCUT2D eigenvalue weighted by Crippen LogP contribution is 2.31. The van der Waals surface area contributed by atoms with E-state index in [0.29, 0.717) is 37.8 Å². The molecule has 0 bridgehead atoms. The van der Waals surface area contributed by atoms with E-state index in [1.807, 2.05) is 23.1 Å². The quantitative estimate of drug-likeness (QED) is 0.664. The van der Waals surface area contributed by atoms with Crippen LogP contribution in [-0.2, 0) is 14.3 Å². The van der Waals surface area contributed by atoms with Gasteiger partial charge in [0, 0.05) is 38.4 Å². The first-order chi connectivity index (χ1) is 14.7. The van der Waals surface area contributed by atoms with Crippen molar-refractivity contribution in [2.45, 2.75) is 31.7 Å². The summed E-state index contributed by atoms with van der Waals surface area (Å²) in [6, 6.07) is 5.66. The number of hydrogen-bond acceptors (Lipinski definition) is 7. The molecule has 4 heterocycles. The third-order valence-corrected chi connectivity index (χ3v) is 5.41. The summed E-state index contributed by atoms with van der Waals surface area (Å²) >= 11 is 0. The Morgan fingerprint density at radius 3 is 2.93 bits per heavy atom. The van der Waals surface area contributed by atoms with Gasteiger partial charge in [0.2, 0.25) is 11.8 Å². The van der Waals surface area contributed by atoms with Gasteiger partial charge in [-0.2, -0.15) is 0 Å². The second-order valence-electron chi connectivity index (χ2n) is 7.45. The van der Waals surface area contributed by atoms with Gasteiger partial charge in [0.25, 0.3) is 0 Å². The number of aromatic nitrogens is 3. The molecule has 158 valence electrons. The molecule has 2 aliphatic heterocycles. The third-order valence-electron chi connectivity index (χ3n) is 5.41. The summed E-state index contributed by atoms with van der Waals surface area (Å²) in [5.41, 5.74) is 0.845. The number of rotatable bonds is 8. The maximum absolute atomic E-state index is 12.7. The molecule has 9 nitrogen and oxygen atoms in total. The predicted molar refractivity (Wildman–Crippen MR) is 110 cm³/mol. The van der Waals surface area contributed by atoms with E-state index < -0.39 is 0 Å². The normalized spacial score (nSPS) is 18.8. The molecule has 1 N–H and O–H groups in total. The molecule has 0 aliphatic carbocycles. The highest BCUT2D eigenvalue weighted by Gasteiger charge is 2.31. The van der Waals surface area contributed by atoms with E-state index >= 15 is 0 Å². The molecule has 4 rings (SSSR count). The van der Waals surface area contributed by atoms with Crippen LogP contribution in [0.25, 0.3) is 0 Å². The first-order valence-corrected chi connectivity index (χ1v) is 10.4. The number of ether oxygens (including phenoxy) is 1. The molecule has 2 aliphatic rings. The lowest BCUT2D eigenvalue weighted by molar-refractivity contribution is -0.137. The molecule has 0 unspecified atom stereocenters. The Morgan fingerprint density at radius 2 is 2.13 bits per heavy atom. The zero-order valence-electron chi connectivity index (χ0n) is 16.9. The van der Waals surface area contributed by atoms with Crippen molar-refractivity contribution < 1.29 is 14.3 Å². The van der Waals surface area contributed by atoms with Crippen molar-refractivity contribution in [3.8, 4) is 0 Å². The molecule has 0 radical (unpaired) electrons. The van der Waals surface area contributed by atoms with Gasteiger partial charge < -0.3 is 19.9 Å². The van der Waals surface area contributed by atoms with Crippen LogP contribution in [-0.4, -0.2) is 69.4 Å². The summed E-state index contributed by atoms with van der Waals surface area (Å²) in [6.07, 6.45) is 8.19. The van der Waals surface area contributed by atoms with Gasteiger partial charge in [0.05, 0.1) is 24.5 Å². The van der Waals surface area contributed by atoms with E-state index in [1.165, 1.54) is 0 Å². The van der Waals surface area contributed by atoms with Crippen LogP contribution in [0.1, 0.15) is 37.4 Å². The maximum atomic E-state index is 12.7. The van der Waals surface area contributed by atoms with Crippen molar-refractivity contribution in [3.63, 3.8) is 0 Å². The Labute approximate surface area is 175 Å². The maximum Gasteiger partial charge on any atom is 0.249 e. The molecule has 2 amide bonds. The van der Waals surface area contributed by atoms with E-state index in [-0.39, 0.29) is 24.5 Å². The molecule has 2 fully saturated rings. The zero-order valence-corrected chi connectivity index (χ0v) is 16.9. The van der Waals surface area contributed by atoms with Crippen LogP contribution in [0.15, 0.2) is 36.8 Å². The Balaban J connectivity index is 1.32. The highest BCUT2D eigenvalue weighted by atomic mass is 16.5. The van der Waals surface area contributed by atoms with Crippen LogP contribution in [0.4, 0.5) is 11.6 Å². The Bertz CT molecular complexity index is 878. The smallest absolute Gasteiger partial charge is 0.249 e. The van der Waals surface area contributed by atoms with Crippen LogP contribution in [0.5, 0.6) is 0 Å². The van der Waals surface area contributed by atoms with Gasteiger partial charge in [-0.25, -0.2) is 9.97 Å². The summed E-state index contributed by atoms with van der Waals surface area (Å²) in [7, 11) is 0. The molecular weight excluding hydrogens is 384 g/mol. The number of amides is 2. The van der Waals surface area contributed by atoms with Gasteiger partial charge in [-0.3, -0.25) is 14.6 Å². The summed E-state index contributed by atoms with van der Waals surface area (Å²) < 4.78 is 5.57. The molecule has 2 aromatic heterocycles. The van der Waals surface area contributed by atoms with Crippen LogP contribution >= 0.6 is 0 Å². The van der Waals surface area contributed by atoms with E-state index in [0.717, 1.165) is 31.5 Å². The molecule has 0 spiro atoms. The van der Waals surface area contributed by atoms with Crippen molar-refractivity contribution in [2.24, 2.45) is 0 Å². The Morgan fingerprint density at radius 1 is 1.20 bits per heavy atom. The van der Waals surface area contributed by atoms with Gasteiger partial charge in [0.15, 0.2) is 0 Å². The Hall–Kier alpha value is -3.07. The molecule has 0 saturated carbocycles. The summed E-state index contributed by atoms with van der Waals surface area (Å²) in [6.45, 7) is 2.44. The van der Waals surface area contributed by atoms with Gasteiger partial charge in [0.1, 0.15) is 18.2 Å². The third kappa shape index (κ3) is 4.91. The van der Waals surface area contributed by atoms with Gasteiger partial charge in [-0.05, 0) is 31.4 Å². The number of nitrogens with zero attached hydrogens (tertiary/aromatic N) is 5. The fourth-order valence-electron chi connectivity index (χ4n) is 3.93. The highest BCUT2D eigenvalue weighted by molar-refractivity contribution is 5.78. The number of carbonyl (C=O) groups excluding carboxylic acids is 2. The second kappa shape index (κ2) is 9.62. The average Bonchev–Trinajstić information content (AvgIpc) is 3.41. The first kappa shape index (κ1) is 20.2. The molecule has 2 saturated heterocycles. The van der Waals surface area contributed by atoms with Gasteiger partial charge in [-0.15, -0.1) is 0 Å². The van der Waals surface area contributed by atoms with Gasteiger partial charge in [-0.1, -0.05) is 6.07 Å². The molecular formula is C21H26N6O3. The zero-order chi connectivity index (χ0) is 20.8. The van der Waals surface area contributed by atoms with Crippen LogP contribution < -0.4 is 5.32 Å². The summed E-state index contributed by atoms with van der Waals surface area (Å²) in [5.74, 6) is 1.41. The monoisotopic (exact) mass is 410 g/mol. The molecule has 1 atom stereocenters. The number of anilines is 2. The molecule has 0 aromatic carbocycles. The van der Waals surface area contributed by atoms with Crippen molar-refractivity contribution in [2.75, 3.05) is 38.2 Å². The lowest BCUT2D eigenvalue weighted by Crippen LogP contribution is -2.35. The van der Waals surface area contributed by atoms with Crippen molar-refractivity contribution in [3.05, 3.63) is 42.5 Å². The van der Waals surface area contributed by atoms with Crippen molar-refractivity contribution in [1.82, 2.24) is 24.8 Å². The van der Waals surface area contributed by atoms with Crippen LogP contribution in [0.3, 0.4) is 0 Å². The topological polar surface area (TPSA) is 101 Å². The lowest BCUT2D eigenvalue weighted by Gasteiger charge is -2.25. The number of carbonyl (C=O) groups is 2.